The molecule has 0 fully saturated rings. The highest BCUT2D eigenvalue weighted by Gasteiger charge is 2.28. The first kappa shape index (κ1) is 42.0. The topological polar surface area (TPSA) is 172 Å². The van der Waals surface area contributed by atoms with Crippen molar-refractivity contribution < 1.29 is 47.5 Å². The molecule has 0 bridgehead atoms. The molecule has 0 aromatic carbocycles. The molecule has 3 atom stereocenters. The van der Waals surface area contributed by atoms with Crippen molar-refractivity contribution in [3.05, 3.63) is 24.3 Å². The van der Waals surface area contributed by atoms with E-state index in [2.05, 4.69) is 42.7 Å². The summed E-state index contributed by atoms with van der Waals surface area (Å²) in [6, 6.07) is -1.52. The number of phosphoric ester groups is 1. The monoisotopic (exact) mass is 647 g/mol. The van der Waals surface area contributed by atoms with Crippen LogP contribution in [0.15, 0.2) is 24.3 Å². The van der Waals surface area contributed by atoms with E-state index in [1.807, 2.05) is 0 Å². The van der Waals surface area contributed by atoms with Gasteiger partial charge < -0.3 is 25.2 Å². The normalized spacial score (nSPS) is 14.5. The van der Waals surface area contributed by atoms with E-state index in [1.165, 1.54) is 25.7 Å². The van der Waals surface area contributed by atoms with Gasteiger partial charge in [-0.3, -0.25) is 23.4 Å². The van der Waals surface area contributed by atoms with E-state index in [0.29, 0.717) is 12.8 Å². The fraction of sp³-hybridized carbons (Fsp3) is 0.781. The van der Waals surface area contributed by atoms with Crippen LogP contribution < -0.4 is 5.73 Å². The van der Waals surface area contributed by atoms with E-state index in [1.54, 1.807) is 0 Å². The average Bonchev–Trinajstić information content (AvgIpc) is 2.99. The molecule has 0 aliphatic heterocycles. The smallest absolute Gasteiger partial charge is 0.472 e. The van der Waals surface area contributed by atoms with E-state index < -0.39 is 51.1 Å². The molecule has 3 unspecified atom stereocenters. The molecule has 0 radical (unpaired) electrons. The molecule has 0 heterocycles. The summed E-state index contributed by atoms with van der Waals surface area (Å²) in [5.41, 5.74) is 5.27. The van der Waals surface area contributed by atoms with Crippen molar-refractivity contribution in [2.75, 3.05) is 19.8 Å². The molecule has 0 rings (SSSR count). The SMILES string of the molecule is CCCCCC/C=C\C/C=C\CCCCCCCC(=O)OC(COC(=O)CCCCCC)COP(=O)(O)OCC(N)C(=O)O. The quantitative estimate of drug-likeness (QED) is 0.0312. The summed E-state index contributed by atoms with van der Waals surface area (Å²) in [4.78, 5) is 45.1. The summed E-state index contributed by atoms with van der Waals surface area (Å²) in [5.74, 6) is -2.42. The van der Waals surface area contributed by atoms with Crippen LogP contribution in [-0.4, -0.2) is 59.9 Å². The van der Waals surface area contributed by atoms with Crippen molar-refractivity contribution in [3.63, 3.8) is 0 Å². The third-order valence-electron chi connectivity index (χ3n) is 6.70. The first-order valence-electron chi connectivity index (χ1n) is 16.4. The summed E-state index contributed by atoms with van der Waals surface area (Å²) in [5, 5.41) is 8.79. The number of hydrogen-bond donors (Lipinski definition) is 3. The minimum atomic E-state index is -4.69. The Balaban J connectivity index is 4.39. The van der Waals surface area contributed by atoms with Gasteiger partial charge in [-0.1, -0.05) is 95.9 Å². The Labute approximate surface area is 264 Å². The Morgan fingerprint density at radius 2 is 1.20 bits per heavy atom. The zero-order valence-electron chi connectivity index (χ0n) is 27.0. The number of aliphatic carboxylic acids is 1. The second-order valence-electron chi connectivity index (χ2n) is 10.9. The highest BCUT2D eigenvalue weighted by Crippen LogP contribution is 2.43. The maximum atomic E-state index is 12.4. The van der Waals surface area contributed by atoms with Gasteiger partial charge in [0.25, 0.3) is 0 Å². The lowest BCUT2D eigenvalue weighted by molar-refractivity contribution is -0.161. The molecule has 0 aromatic heterocycles. The first-order valence-corrected chi connectivity index (χ1v) is 17.9. The summed E-state index contributed by atoms with van der Waals surface area (Å²) in [6.45, 7) is 2.58. The number of unbranched alkanes of at least 4 members (excludes halogenated alkanes) is 12. The van der Waals surface area contributed by atoms with Crippen LogP contribution >= 0.6 is 7.82 Å². The van der Waals surface area contributed by atoms with E-state index in [9.17, 15) is 23.8 Å². The fourth-order valence-corrected chi connectivity index (χ4v) is 4.81. The van der Waals surface area contributed by atoms with Crippen LogP contribution in [-0.2, 0) is 37.5 Å². The van der Waals surface area contributed by atoms with Crippen LogP contribution in [0, 0.1) is 0 Å². The van der Waals surface area contributed by atoms with Crippen molar-refractivity contribution in [2.45, 2.75) is 142 Å². The van der Waals surface area contributed by atoms with E-state index in [-0.39, 0.29) is 19.4 Å². The Hall–Kier alpha value is -2.04. The van der Waals surface area contributed by atoms with Crippen LogP contribution in [0.1, 0.15) is 129 Å². The molecule has 4 N–H and O–H groups in total. The van der Waals surface area contributed by atoms with Crippen LogP contribution in [0.3, 0.4) is 0 Å². The Kier molecular flexibility index (Phi) is 27.1. The van der Waals surface area contributed by atoms with Crippen molar-refractivity contribution in [1.29, 1.82) is 0 Å². The Bertz CT molecular complexity index is 864. The molecule has 11 nitrogen and oxygen atoms in total. The summed E-state index contributed by atoms with van der Waals surface area (Å²) < 4.78 is 32.1. The minimum absolute atomic E-state index is 0.146. The number of allylic oxidation sites excluding steroid dienone is 4. The molecule has 0 amide bonds. The Morgan fingerprint density at radius 3 is 1.80 bits per heavy atom. The molecule has 0 saturated carbocycles. The second-order valence-corrected chi connectivity index (χ2v) is 12.4. The zero-order valence-corrected chi connectivity index (χ0v) is 27.9. The first-order chi connectivity index (χ1) is 21.1. The van der Waals surface area contributed by atoms with Crippen LogP contribution in [0.2, 0.25) is 0 Å². The lowest BCUT2D eigenvalue weighted by Crippen LogP contribution is -2.34. The summed E-state index contributed by atoms with van der Waals surface area (Å²) >= 11 is 0. The van der Waals surface area contributed by atoms with Gasteiger partial charge in [0.2, 0.25) is 0 Å². The number of carboxylic acid groups (broad SMARTS) is 1. The fourth-order valence-electron chi connectivity index (χ4n) is 4.03. The molecule has 12 heteroatoms. The maximum absolute atomic E-state index is 12.4. The number of phosphoric acid groups is 1. The van der Waals surface area contributed by atoms with Gasteiger partial charge in [0.1, 0.15) is 12.6 Å². The molecule has 256 valence electrons. The van der Waals surface area contributed by atoms with Crippen molar-refractivity contribution in [3.8, 4) is 0 Å². The predicted molar refractivity (Wildman–Crippen MR) is 171 cm³/mol. The van der Waals surface area contributed by atoms with Gasteiger partial charge in [-0.05, 0) is 44.9 Å². The van der Waals surface area contributed by atoms with Crippen LogP contribution in [0.4, 0.5) is 0 Å². The lowest BCUT2D eigenvalue weighted by atomic mass is 10.1. The lowest BCUT2D eigenvalue weighted by Gasteiger charge is -2.20. The molecule has 44 heavy (non-hydrogen) atoms. The third-order valence-corrected chi connectivity index (χ3v) is 7.65. The van der Waals surface area contributed by atoms with Crippen molar-refractivity contribution in [1.82, 2.24) is 0 Å². The summed E-state index contributed by atoms with van der Waals surface area (Å²) in [7, 11) is -4.69. The van der Waals surface area contributed by atoms with E-state index in [4.69, 9.17) is 24.8 Å². The highest BCUT2D eigenvalue weighted by atomic mass is 31.2. The highest BCUT2D eigenvalue weighted by molar-refractivity contribution is 7.47. The number of hydrogen-bond acceptors (Lipinski definition) is 9. The van der Waals surface area contributed by atoms with Crippen LogP contribution in [0.25, 0.3) is 0 Å². The number of nitrogens with two attached hydrogens (primary N) is 1. The molecule has 0 aliphatic carbocycles. The van der Waals surface area contributed by atoms with Gasteiger partial charge in [-0.15, -0.1) is 0 Å². The van der Waals surface area contributed by atoms with E-state index in [0.717, 1.165) is 64.2 Å². The molecule has 0 aliphatic rings. The average molecular weight is 648 g/mol. The molecule has 0 saturated heterocycles. The van der Waals surface area contributed by atoms with E-state index >= 15 is 0 Å². The van der Waals surface area contributed by atoms with Gasteiger partial charge in [0.15, 0.2) is 6.10 Å². The number of ether oxygens (including phenoxy) is 2. The molecular formula is C32H58NO10P. The number of rotatable bonds is 30. The standard InChI is InChI=1S/C32H58NO10P/c1-3-5-7-9-10-11-12-13-14-15-16-17-18-19-20-22-24-31(35)43-28(25-40-30(34)23-21-8-6-4-2)26-41-44(38,39)42-27-29(33)32(36)37/h11-12,14-15,28-29H,3-10,13,16-27,33H2,1-2H3,(H,36,37)(H,38,39)/b12-11-,15-14-. The molecular weight excluding hydrogens is 589 g/mol. The van der Waals surface area contributed by atoms with Crippen molar-refractivity contribution >= 4 is 25.7 Å². The zero-order chi connectivity index (χ0) is 32.9. The van der Waals surface area contributed by atoms with Gasteiger partial charge in [-0.25, -0.2) is 4.57 Å². The maximum Gasteiger partial charge on any atom is 0.472 e. The minimum Gasteiger partial charge on any atom is -0.480 e. The van der Waals surface area contributed by atoms with Crippen molar-refractivity contribution in [2.24, 2.45) is 5.73 Å². The third kappa shape index (κ3) is 27.5. The Morgan fingerprint density at radius 1 is 0.705 bits per heavy atom. The molecule has 0 aromatic rings. The van der Waals surface area contributed by atoms with Gasteiger partial charge in [0.05, 0.1) is 13.2 Å². The van der Waals surface area contributed by atoms with Gasteiger partial charge in [0, 0.05) is 12.8 Å². The largest absolute Gasteiger partial charge is 0.480 e. The number of esters is 2. The van der Waals surface area contributed by atoms with Gasteiger partial charge in [-0.2, -0.15) is 0 Å². The number of carbonyl (C=O) groups excluding carboxylic acids is 2. The molecule has 0 spiro atoms. The number of carboxylic acids is 1. The number of carbonyl (C=O) groups is 3. The second kappa shape index (κ2) is 28.4. The van der Waals surface area contributed by atoms with Crippen LogP contribution in [0.5, 0.6) is 0 Å². The van der Waals surface area contributed by atoms with Gasteiger partial charge >= 0.3 is 25.7 Å². The predicted octanol–water partition coefficient (Wildman–Crippen LogP) is 7.16. The summed E-state index contributed by atoms with van der Waals surface area (Å²) in [6.07, 6.45) is 24.7.